The van der Waals surface area contributed by atoms with Crippen molar-refractivity contribution in [2.75, 3.05) is 6.54 Å². The Morgan fingerprint density at radius 3 is 2.61 bits per heavy atom. The Labute approximate surface area is 109 Å². The largest absolute Gasteiger partial charge is 0.360 e. The van der Waals surface area contributed by atoms with Gasteiger partial charge in [-0.05, 0) is 25.3 Å². The second-order valence-electron chi connectivity index (χ2n) is 4.73. The van der Waals surface area contributed by atoms with E-state index in [1.165, 1.54) is 12.8 Å². The molecule has 98 valence electrons. The average molecular weight is 247 g/mol. The van der Waals surface area contributed by atoms with E-state index >= 15 is 0 Å². The van der Waals surface area contributed by atoms with Gasteiger partial charge >= 0.3 is 0 Å². The number of likely N-dealkylation sites (N-methyl/N-ethyl adjacent to an activating group) is 1. The molecule has 2 rings (SSSR count). The minimum Gasteiger partial charge on any atom is -0.360 e. The summed E-state index contributed by atoms with van der Waals surface area (Å²) in [6, 6.07) is 9.75. The van der Waals surface area contributed by atoms with Gasteiger partial charge in [0.2, 0.25) is 0 Å². The molecular weight excluding hydrogens is 226 g/mol. The number of ether oxygens (including phenoxy) is 1. The van der Waals surface area contributed by atoms with E-state index in [1.807, 2.05) is 37.3 Å². The van der Waals surface area contributed by atoms with Gasteiger partial charge in [0.1, 0.15) is 0 Å². The van der Waals surface area contributed by atoms with E-state index in [1.54, 1.807) is 0 Å². The molecule has 0 aliphatic heterocycles. The molecule has 0 radical (unpaired) electrons. The highest BCUT2D eigenvalue weighted by atomic mass is 16.5. The van der Waals surface area contributed by atoms with Gasteiger partial charge in [0.25, 0.3) is 5.91 Å². The summed E-state index contributed by atoms with van der Waals surface area (Å²) in [4.78, 5) is 12.1. The fourth-order valence-electron chi connectivity index (χ4n) is 2.40. The second-order valence-corrected chi connectivity index (χ2v) is 4.73. The first kappa shape index (κ1) is 13.1. The van der Waals surface area contributed by atoms with Crippen LogP contribution in [-0.2, 0) is 9.53 Å². The lowest BCUT2D eigenvalue weighted by molar-refractivity contribution is -0.137. The van der Waals surface area contributed by atoms with Crippen LogP contribution >= 0.6 is 0 Å². The average Bonchev–Trinajstić information content (AvgIpc) is 2.90. The number of hydrogen-bond acceptors (Lipinski definition) is 2. The molecule has 1 aliphatic rings. The van der Waals surface area contributed by atoms with E-state index in [-0.39, 0.29) is 12.0 Å². The number of rotatable bonds is 5. The van der Waals surface area contributed by atoms with Crippen molar-refractivity contribution >= 4 is 5.91 Å². The van der Waals surface area contributed by atoms with E-state index in [9.17, 15) is 4.79 Å². The number of hydrogen-bond donors (Lipinski definition) is 1. The third-order valence-corrected chi connectivity index (χ3v) is 3.32. The third-order valence-electron chi connectivity index (χ3n) is 3.32. The fourth-order valence-corrected chi connectivity index (χ4v) is 2.40. The van der Waals surface area contributed by atoms with Crippen molar-refractivity contribution in [1.82, 2.24) is 5.32 Å². The van der Waals surface area contributed by atoms with E-state index in [2.05, 4.69) is 5.32 Å². The number of nitrogens with one attached hydrogen (secondary N) is 1. The molecule has 1 unspecified atom stereocenters. The van der Waals surface area contributed by atoms with Crippen LogP contribution in [0.2, 0.25) is 0 Å². The molecule has 0 heterocycles. The van der Waals surface area contributed by atoms with Gasteiger partial charge < -0.3 is 10.1 Å². The molecule has 1 fully saturated rings. The van der Waals surface area contributed by atoms with Crippen molar-refractivity contribution in [3.05, 3.63) is 35.9 Å². The highest BCUT2D eigenvalue weighted by molar-refractivity contribution is 5.82. The lowest BCUT2D eigenvalue weighted by Crippen LogP contribution is -2.32. The summed E-state index contributed by atoms with van der Waals surface area (Å²) in [7, 11) is 0. The molecule has 0 spiro atoms. The summed E-state index contributed by atoms with van der Waals surface area (Å²) >= 11 is 0. The maximum atomic E-state index is 12.1. The van der Waals surface area contributed by atoms with Crippen LogP contribution in [-0.4, -0.2) is 18.6 Å². The third kappa shape index (κ3) is 3.33. The molecule has 1 aromatic rings. The van der Waals surface area contributed by atoms with Gasteiger partial charge in [-0.3, -0.25) is 4.79 Å². The maximum Gasteiger partial charge on any atom is 0.253 e. The van der Waals surface area contributed by atoms with Crippen molar-refractivity contribution < 1.29 is 9.53 Å². The molecule has 3 heteroatoms. The van der Waals surface area contributed by atoms with Crippen LogP contribution in [0.1, 0.15) is 44.3 Å². The van der Waals surface area contributed by atoms with Crippen LogP contribution in [0.3, 0.4) is 0 Å². The van der Waals surface area contributed by atoms with E-state index in [4.69, 9.17) is 4.74 Å². The van der Waals surface area contributed by atoms with Gasteiger partial charge in [-0.2, -0.15) is 0 Å². The molecule has 18 heavy (non-hydrogen) atoms. The molecule has 1 amide bonds. The number of carbonyl (C=O) groups is 1. The van der Waals surface area contributed by atoms with Crippen molar-refractivity contribution in [3.8, 4) is 0 Å². The van der Waals surface area contributed by atoms with Gasteiger partial charge in [-0.1, -0.05) is 43.2 Å². The number of carbonyl (C=O) groups excluding carboxylic acids is 1. The van der Waals surface area contributed by atoms with Crippen LogP contribution in [0.4, 0.5) is 0 Å². The van der Waals surface area contributed by atoms with Crippen LogP contribution < -0.4 is 5.32 Å². The zero-order valence-electron chi connectivity index (χ0n) is 10.9. The molecule has 3 nitrogen and oxygen atoms in total. The van der Waals surface area contributed by atoms with Crippen molar-refractivity contribution in [3.63, 3.8) is 0 Å². The first-order valence-electron chi connectivity index (χ1n) is 6.79. The summed E-state index contributed by atoms with van der Waals surface area (Å²) in [6.07, 6.45) is 4.33. The van der Waals surface area contributed by atoms with Crippen molar-refractivity contribution in [1.29, 1.82) is 0 Å². The lowest BCUT2D eigenvalue weighted by atomic mass is 10.1. The molecule has 0 bridgehead atoms. The fraction of sp³-hybridized carbons (Fsp3) is 0.533. The Kier molecular flexibility index (Phi) is 4.76. The molecule has 1 aromatic carbocycles. The van der Waals surface area contributed by atoms with Crippen LogP contribution in [0.15, 0.2) is 30.3 Å². The smallest absolute Gasteiger partial charge is 0.253 e. The van der Waals surface area contributed by atoms with Crippen LogP contribution in [0.5, 0.6) is 0 Å². The zero-order valence-corrected chi connectivity index (χ0v) is 10.9. The molecule has 1 aliphatic carbocycles. The molecule has 1 atom stereocenters. The van der Waals surface area contributed by atoms with Crippen LogP contribution in [0, 0.1) is 0 Å². The van der Waals surface area contributed by atoms with Gasteiger partial charge in [0.15, 0.2) is 6.10 Å². The highest BCUT2D eigenvalue weighted by Crippen LogP contribution is 2.27. The lowest BCUT2D eigenvalue weighted by Gasteiger charge is -2.21. The summed E-state index contributed by atoms with van der Waals surface area (Å²) < 4.78 is 6.00. The maximum absolute atomic E-state index is 12.1. The van der Waals surface area contributed by atoms with Crippen LogP contribution in [0.25, 0.3) is 0 Å². The first-order valence-corrected chi connectivity index (χ1v) is 6.79. The first-order chi connectivity index (χ1) is 8.81. The summed E-state index contributed by atoms with van der Waals surface area (Å²) in [5.41, 5.74) is 0.940. The monoisotopic (exact) mass is 247 g/mol. The Hall–Kier alpha value is -1.35. The second kappa shape index (κ2) is 6.55. The zero-order chi connectivity index (χ0) is 12.8. The normalized spacial score (nSPS) is 17.6. The van der Waals surface area contributed by atoms with E-state index in [0.29, 0.717) is 6.54 Å². The predicted octanol–water partition coefficient (Wildman–Crippen LogP) is 2.82. The number of amides is 1. The topological polar surface area (TPSA) is 38.3 Å². The summed E-state index contributed by atoms with van der Waals surface area (Å²) in [5.74, 6) is -0.0319. The minimum atomic E-state index is -0.464. The molecule has 1 saturated carbocycles. The standard InChI is InChI=1S/C15H21NO2/c1-2-16-15(17)14(12-8-4-3-5-9-12)18-13-10-6-7-11-13/h3-5,8-9,13-14H,2,6-7,10-11H2,1H3,(H,16,17). The SMILES string of the molecule is CCNC(=O)C(OC1CCCC1)c1ccccc1. The molecular formula is C15H21NO2. The predicted molar refractivity (Wildman–Crippen MR) is 71.2 cm³/mol. The Morgan fingerprint density at radius 2 is 2.00 bits per heavy atom. The molecule has 0 saturated heterocycles. The Balaban J connectivity index is 2.09. The Bertz CT molecular complexity index is 371. The van der Waals surface area contributed by atoms with Gasteiger partial charge in [-0.25, -0.2) is 0 Å². The van der Waals surface area contributed by atoms with Crippen molar-refractivity contribution in [2.24, 2.45) is 0 Å². The molecule has 0 aromatic heterocycles. The number of benzene rings is 1. The quantitative estimate of drug-likeness (QED) is 0.869. The highest BCUT2D eigenvalue weighted by Gasteiger charge is 2.26. The summed E-state index contributed by atoms with van der Waals surface area (Å²) in [6.45, 7) is 2.56. The van der Waals surface area contributed by atoms with E-state index in [0.717, 1.165) is 18.4 Å². The van der Waals surface area contributed by atoms with Gasteiger partial charge in [0, 0.05) is 6.54 Å². The summed E-state index contributed by atoms with van der Waals surface area (Å²) in [5, 5.41) is 2.85. The minimum absolute atomic E-state index is 0.0319. The van der Waals surface area contributed by atoms with Crippen molar-refractivity contribution in [2.45, 2.75) is 44.8 Å². The van der Waals surface area contributed by atoms with Gasteiger partial charge in [0.05, 0.1) is 6.10 Å². The van der Waals surface area contributed by atoms with E-state index < -0.39 is 6.10 Å². The van der Waals surface area contributed by atoms with Gasteiger partial charge in [-0.15, -0.1) is 0 Å². The molecule has 1 N–H and O–H groups in total. The Morgan fingerprint density at radius 1 is 1.33 bits per heavy atom.